The summed E-state index contributed by atoms with van der Waals surface area (Å²) in [7, 11) is 0. The maximum Gasteiger partial charge on any atom is 0.123 e. The van der Waals surface area contributed by atoms with Crippen molar-refractivity contribution in [1.82, 2.24) is 10.3 Å². The molecule has 1 N–H and O–H groups in total. The Bertz CT molecular complexity index is 624. The van der Waals surface area contributed by atoms with Crippen molar-refractivity contribution in [3.8, 4) is 10.6 Å². The zero-order chi connectivity index (χ0) is 14.1. The molecule has 0 spiro atoms. The van der Waals surface area contributed by atoms with Crippen LogP contribution in [0.15, 0.2) is 27.1 Å². The van der Waals surface area contributed by atoms with Crippen LogP contribution >= 0.6 is 43.2 Å². The number of rotatable bonds is 3. The third-order valence-corrected chi connectivity index (χ3v) is 6.63. The highest BCUT2D eigenvalue weighted by Crippen LogP contribution is 2.38. The van der Waals surface area contributed by atoms with Gasteiger partial charge in [-0.25, -0.2) is 4.98 Å². The second-order valence-corrected chi connectivity index (χ2v) is 7.75. The van der Waals surface area contributed by atoms with E-state index in [1.807, 2.05) is 11.3 Å². The number of benzene rings is 1. The highest BCUT2D eigenvalue weighted by atomic mass is 79.9. The molecule has 1 atom stereocenters. The van der Waals surface area contributed by atoms with Crippen LogP contribution in [-0.2, 0) is 6.42 Å². The normalized spacial score (nSPS) is 18.1. The van der Waals surface area contributed by atoms with E-state index in [1.165, 1.54) is 35.4 Å². The molecule has 1 aromatic heterocycles. The zero-order valence-corrected chi connectivity index (χ0v) is 15.2. The third kappa shape index (κ3) is 2.86. The van der Waals surface area contributed by atoms with Crippen LogP contribution in [0.25, 0.3) is 10.6 Å². The minimum absolute atomic E-state index is 0.438. The van der Waals surface area contributed by atoms with Gasteiger partial charge in [0.05, 0.1) is 11.7 Å². The number of aromatic nitrogens is 1. The molecule has 2 aromatic rings. The van der Waals surface area contributed by atoms with Crippen molar-refractivity contribution >= 4 is 43.2 Å². The van der Waals surface area contributed by atoms with Gasteiger partial charge in [0.2, 0.25) is 0 Å². The zero-order valence-electron chi connectivity index (χ0n) is 11.2. The average molecular weight is 416 g/mol. The second-order valence-electron chi connectivity index (χ2n) is 4.96. The average Bonchev–Trinajstić information content (AvgIpc) is 2.87. The Balaban J connectivity index is 1.97. The molecule has 1 aromatic carbocycles. The van der Waals surface area contributed by atoms with Crippen molar-refractivity contribution in [3.05, 3.63) is 37.7 Å². The molecular formula is C15H16Br2N2S. The van der Waals surface area contributed by atoms with E-state index in [0.717, 1.165) is 20.5 Å². The van der Waals surface area contributed by atoms with Gasteiger partial charge in [0.15, 0.2) is 0 Å². The van der Waals surface area contributed by atoms with Crippen molar-refractivity contribution in [2.45, 2.75) is 32.2 Å². The molecule has 2 nitrogen and oxygen atoms in total. The van der Waals surface area contributed by atoms with E-state index < -0.39 is 0 Å². The minimum atomic E-state index is 0.438. The smallest absolute Gasteiger partial charge is 0.123 e. The number of thiazole rings is 1. The van der Waals surface area contributed by atoms with Crippen molar-refractivity contribution in [2.75, 3.05) is 6.54 Å². The topological polar surface area (TPSA) is 24.9 Å². The van der Waals surface area contributed by atoms with E-state index in [-0.39, 0.29) is 0 Å². The van der Waals surface area contributed by atoms with E-state index in [0.29, 0.717) is 6.04 Å². The molecule has 1 unspecified atom stereocenters. The summed E-state index contributed by atoms with van der Waals surface area (Å²) < 4.78 is 2.15. The summed E-state index contributed by atoms with van der Waals surface area (Å²) in [5, 5.41) is 4.69. The molecule has 0 amide bonds. The monoisotopic (exact) mass is 414 g/mol. The highest BCUT2D eigenvalue weighted by molar-refractivity contribution is 9.13. The van der Waals surface area contributed by atoms with Gasteiger partial charge in [-0.2, -0.15) is 0 Å². The lowest BCUT2D eigenvalue weighted by atomic mass is 9.98. The summed E-state index contributed by atoms with van der Waals surface area (Å²) in [6.07, 6.45) is 3.64. The van der Waals surface area contributed by atoms with Gasteiger partial charge in [0, 0.05) is 19.4 Å². The first-order valence-corrected chi connectivity index (χ1v) is 9.27. The first-order chi connectivity index (χ1) is 9.69. The van der Waals surface area contributed by atoms with Crippen molar-refractivity contribution < 1.29 is 0 Å². The predicted molar refractivity (Wildman–Crippen MR) is 92.3 cm³/mol. The molecule has 0 bridgehead atoms. The number of halogens is 2. The molecule has 1 heterocycles. The molecule has 0 saturated heterocycles. The van der Waals surface area contributed by atoms with Crippen molar-refractivity contribution in [2.24, 2.45) is 0 Å². The number of nitrogens with one attached hydrogen (secondary N) is 1. The maximum absolute atomic E-state index is 4.91. The standard InChI is InChI=1S/C15H16Br2N2S/c1-2-18-12-4-3-5-13-14(12)19-15(20-13)9-6-7-10(16)11(17)8-9/h6-8,12,18H,2-5H2,1H3. The summed E-state index contributed by atoms with van der Waals surface area (Å²) in [4.78, 5) is 6.37. The van der Waals surface area contributed by atoms with E-state index in [1.54, 1.807) is 0 Å². The Hall–Kier alpha value is -0.230. The molecule has 5 heteroatoms. The predicted octanol–water partition coefficient (Wildman–Crippen LogP) is 5.32. The van der Waals surface area contributed by atoms with E-state index >= 15 is 0 Å². The van der Waals surface area contributed by atoms with Gasteiger partial charge < -0.3 is 5.32 Å². The summed E-state index contributed by atoms with van der Waals surface area (Å²) in [5.74, 6) is 0. The second kappa shape index (κ2) is 6.26. The number of aryl methyl sites for hydroxylation is 1. The van der Waals surface area contributed by atoms with Crippen LogP contribution in [0.1, 0.15) is 36.4 Å². The number of nitrogens with zero attached hydrogens (tertiary/aromatic N) is 1. The SMILES string of the molecule is CCNC1CCCc2sc(-c3ccc(Br)c(Br)c3)nc21. The fraction of sp³-hybridized carbons (Fsp3) is 0.400. The summed E-state index contributed by atoms with van der Waals surface area (Å²) in [5.41, 5.74) is 2.46. The first kappa shape index (κ1) is 14.7. The van der Waals surface area contributed by atoms with Gasteiger partial charge in [-0.3, -0.25) is 0 Å². The van der Waals surface area contributed by atoms with E-state index in [4.69, 9.17) is 4.98 Å². The van der Waals surface area contributed by atoms with Crippen molar-refractivity contribution in [3.63, 3.8) is 0 Å². The maximum atomic E-state index is 4.91. The van der Waals surface area contributed by atoms with Crippen LogP contribution in [0.2, 0.25) is 0 Å². The van der Waals surface area contributed by atoms with Gasteiger partial charge in [-0.05, 0) is 69.8 Å². The highest BCUT2D eigenvalue weighted by Gasteiger charge is 2.24. The molecule has 20 heavy (non-hydrogen) atoms. The van der Waals surface area contributed by atoms with Crippen LogP contribution in [0.4, 0.5) is 0 Å². The van der Waals surface area contributed by atoms with E-state index in [9.17, 15) is 0 Å². The van der Waals surface area contributed by atoms with Crippen LogP contribution < -0.4 is 5.32 Å². The van der Waals surface area contributed by atoms with Crippen LogP contribution in [0.3, 0.4) is 0 Å². The molecule has 0 radical (unpaired) electrons. The first-order valence-electron chi connectivity index (χ1n) is 6.87. The molecule has 1 aliphatic carbocycles. The molecule has 106 valence electrons. The van der Waals surface area contributed by atoms with Gasteiger partial charge >= 0.3 is 0 Å². The third-order valence-electron chi connectivity index (χ3n) is 3.57. The fourth-order valence-corrected chi connectivity index (χ4v) is 4.40. The lowest BCUT2D eigenvalue weighted by Crippen LogP contribution is -2.24. The van der Waals surface area contributed by atoms with E-state index in [2.05, 4.69) is 62.3 Å². The number of hydrogen-bond donors (Lipinski definition) is 1. The largest absolute Gasteiger partial charge is 0.309 e. The Labute approximate surface area is 140 Å². The summed E-state index contributed by atoms with van der Waals surface area (Å²) in [6.45, 7) is 3.16. The molecule has 0 aliphatic heterocycles. The van der Waals surface area contributed by atoms with Gasteiger partial charge in [-0.1, -0.05) is 13.0 Å². The molecule has 0 saturated carbocycles. The quantitative estimate of drug-likeness (QED) is 0.733. The van der Waals surface area contributed by atoms with Gasteiger partial charge in [-0.15, -0.1) is 11.3 Å². The Morgan fingerprint density at radius 2 is 2.20 bits per heavy atom. The Morgan fingerprint density at radius 3 is 2.95 bits per heavy atom. The Kier molecular flexibility index (Phi) is 4.60. The van der Waals surface area contributed by atoms with Crippen LogP contribution in [0, 0.1) is 0 Å². The fourth-order valence-electron chi connectivity index (χ4n) is 2.62. The molecule has 1 aliphatic rings. The lowest BCUT2D eigenvalue weighted by Gasteiger charge is -2.21. The summed E-state index contributed by atoms with van der Waals surface area (Å²) in [6, 6.07) is 6.77. The molecule has 3 rings (SSSR count). The van der Waals surface area contributed by atoms with Gasteiger partial charge in [0.25, 0.3) is 0 Å². The molecular weight excluding hydrogens is 400 g/mol. The Morgan fingerprint density at radius 1 is 1.35 bits per heavy atom. The lowest BCUT2D eigenvalue weighted by molar-refractivity contribution is 0.465. The minimum Gasteiger partial charge on any atom is -0.309 e. The van der Waals surface area contributed by atoms with Crippen molar-refractivity contribution in [1.29, 1.82) is 0 Å². The number of hydrogen-bond acceptors (Lipinski definition) is 3. The van der Waals surface area contributed by atoms with Crippen LogP contribution in [0.5, 0.6) is 0 Å². The van der Waals surface area contributed by atoms with Crippen LogP contribution in [-0.4, -0.2) is 11.5 Å². The number of fused-ring (bicyclic) bond motifs is 1. The molecule has 0 fully saturated rings. The van der Waals surface area contributed by atoms with Gasteiger partial charge in [0.1, 0.15) is 5.01 Å². The summed E-state index contributed by atoms with van der Waals surface area (Å²) >= 11 is 8.93.